The van der Waals surface area contributed by atoms with Crippen LogP contribution < -0.4 is 9.68 Å². The van der Waals surface area contributed by atoms with Gasteiger partial charge in [0.1, 0.15) is 11.9 Å². The average molecular weight is 484 g/mol. The molecule has 1 unspecified atom stereocenters. The van der Waals surface area contributed by atoms with Gasteiger partial charge in [0.2, 0.25) is 0 Å². The van der Waals surface area contributed by atoms with Gasteiger partial charge in [-0.15, -0.1) is 0 Å². The van der Waals surface area contributed by atoms with Crippen LogP contribution in [0.1, 0.15) is 55.2 Å². The molecule has 0 spiro atoms. The zero-order valence-electron chi connectivity index (χ0n) is 20.3. The average Bonchev–Trinajstić information content (AvgIpc) is 3.26. The molecule has 1 atom stereocenters. The minimum absolute atomic E-state index is 0.148. The molecule has 0 bridgehead atoms. The van der Waals surface area contributed by atoms with Crippen LogP contribution in [-0.2, 0) is 11.2 Å². The van der Waals surface area contributed by atoms with E-state index in [1.807, 2.05) is 12.1 Å². The van der Waals surface area contributed by atoms with Gasteiger partial charge in [-0.2, -0.15) is 0 Å². The molecule has 0 aromatic heterocycles. The predicted octanol–water partition coefficient (Wildman–Crippen LogP) is 6.33. The zero-order valence-corrected chi connectivity index (χ0v) is 20.3. The van der Waals surface area contributed by atoms with Crippen molar-refractivity contribution in [3.05, 3.63) is 64.7 Å². The van der Waals surface area contributed by atoms with Crippen molar-refractivity contribution in [2.75, 3.05) is 39.5 Å². The van der Waals surface area contributed by atoms with Gasteiger partial charge in [-0.25, -0.2) is 0 Å². The Morgan fingerprint density at radius 1 is 0.971 bits per heavy atom. The molecule has 1 aliphatic carbocycles. The summed E-state index contributed by atoms with van der Waals surface area (Å²) < 4.78 is 37.3. The third kappa shape index (κ3) is 5.70. The van der Waals surface area contributed by atoms with Crippen molar-refractivity contribution in [2.24, 2.45) is 5.92 Å². The van der Waals surface area contributed by atoms with Crippen LogP contribution in [-0.4, -0.2) is 50.5 Å². The van der Waals surface area contributed by atoms with Gasteiger partial charge in [0, 0.05) is 37.4 Å². The standard InChI is InChI=1S/C29H35F2NO3/c30-14-2-15-32-16-11-26(20-32)34-24-7-5-22(6-8-24)29-27(21-12-17-33-18-13-21)4-1-3-23-19-25(35-31)9-10-28(23)29/h5-10,19,21,26H,1-4,11-18,20H2. The molecular weight excluding hydrogens is 448 g/mol. The number of hydrogen-bond donors (Lipinski definition) is 0. The smallest absolute Gasteiger partial charge is 0.172 e. The first-order valence-electron chi connectivity index (χ1n) is 13.0. The zero-order chi connectivity index (χ0) is 24.0. The van der Waals surface area contributed by atoms with Gasteiger partial charge < -0.3 is 9.47 Å². The SMILES string of the molecule is FCCCN1CCC(Oc2ccc(C3=C(C4CCOCC4)CCCc4cc(OF)ccc43)cc2)C1. The van der Waals surface area contributed by atoms with Crippen molar-refractivity contribution in [1.82, 2.24) is 4.90 Å². The lowest BCUT2D eigenvalue weighted by molar-refractivity contribution is -0.00629. The Balaban J connectivity index is 1.42. The highest BCUT2D eigenvalue weighted by Crippen LogP contribution is 2.42. The maximum absolute atomic E-state index is 12.9. The van der Waals surface area contributed by atoms with Gasteiger partial charge in [-0.3, -0.25) is 14.2 Å². The Bertz CT molecular complexity index is 1020. The van der Waals surface area contributed by atoms with Crippen LogP contribution in [0.4, 0.5) is 8.92 Å². The van der Waals surface area contributed by atoms with E-state index in [1.165, 1.54) is 22.3 Å². The number of nitrogens with zero attached hydrogens (tertiary/aromatic N) is 1. The largest absolute Gasteiger partial charge is 0.489 e. The monoisotopic (exact) mass is 483 g/mol. The van der Waals surface area contributed by atoms with E-state index in [9.17, 15) is 8.92 Å². The molecule has 2 aliphatic heterocycles. The summed E-state index contributed by atoms with van der Waals surface area (Å²) in [5.41, 5.74) is 6.26. The van der Waals surface area contributed by atoms with E-state index in [0.717, 1.165) is 82.7 Å². The van der Waals surface area contributed by atoms with Crippen LogP contribution in [0.15, 0.2) is 48.0 Å². The molecule has 2 fully saturated rings. The minimum Gasteiger partial charge on any atom is -0.489 e. The van der Waals surface area contributed by atoms with E-state index in [0.29, 0.717) is 12.3 Å². The van der Waals surface area contributed by atoms with E-state index in [1.54, 1.807) is 6.07 Å². The molecule has 2 aromatic carbocycles. The number of fused-ring (bicyclic) bond motifs is 1. The fraction of sp³-hybridized carbons (Fsp3) is 0.517. The number of alkyl halides is 1. The maximum atomic E-state index is 12.9. The number of ether oxygens (including phenoxy) is 2. The van der Waals surface area contributed by atoms with Crippen molar-refractivity contribution in [3.8, 4) is 11.5 Å². The van der Waals surface area contributed by atoms with Gasteiger partial charge in [0.25, 0.3) is 0 Å². The van der Waals surface area contributed by atoms with E-state index in [4.69, 9.17) is 9.47 Å². The first-order chi connectivity index (χ1) is 17.2. The Morgan fingerprint density at radius 2 is 1.77 bits per heavy atom. The second kappa shape index (κ2) is 11.5. The lowest BCUT2D eigenvalue weighted by Crippen LogP contribution is -2.26. The molecule has 35 heavy (non-hydrogen) atoms. The van der Waals surface area contributed by atoms with E-state index >= 15 is 0 Å². The number of rotatable bonds is 8. The number of likely N-dealkylation sites (tertiary alicyclic amines) is 1. The third-order valence-electron chi connectivity index (χ3n) is 7.65. The quantitative estimate of drug-likeness (QED) is 0.439. The minimum atomic E-state index is -0.263. The van der Waals surface area contributed by atoms with Crippen LogP contribution in [0, 0.1) is 5.92 Å². The van der Waals surface area contributed by atoms with Gasteiger partial charge in [0.15, 0.2) is 5.75 Å². The van der Waals surface area contributed by atoms with Gasteiger partial charge in [-0.1, -0.05) is 23.8 Å². The Hall–Kier alpha value is -2.44. The number of allylic oxidation sites excluding steroid dienone is 1. The summed E-state index contributed by atoms with van der Waals surface area (Å²) in [7, 11) is 0. The van der Waals surface area contributed by atoms with Crippen molar-refractivity contribution >= 4 is 5.57 Å². The molecule has 3 aliphatic rings. The Morgan fingerprint density at radius 3 is 2.54 bits per heavy atom. The van der Waals surface area contributed by atoms with Gasteiger partial charge in [-0.05, 0) is 97.4 Å². The summed E-state index contributed by atoms with van der Waals surface area (Å²) in [5, 5.41) is 0. The summed E-state index contributed by atoms with van der Waals surface area (Å²) >= 11 is 0. The lowest BCUT2D eigenvalue weighted by atomic mass is 9.82. The molecule has 0 radical (unpaired) electrons. The molecule has 0 amide bonds. The van der Waals surface area contributed by atoms with Crippen LogP contribution in [0.3, 0.4) is 0 Å². The molecule has 2 heterocycles. The van der Waals surface area contributed by atoms with Gasteiger partial charge in [0.05, 0.1) is 6.67 Å². The van der Waals surface area contributed by atoms with Crippen molar-refractivity contribution in [1.29, 1.82) is 0 Å². The number of aryl methyl sites for hydroxylation is 1. The van der Waals surface area contributed by atoms with E-state index in [2.05, 4.69) is 34.1 Å². The highest BCUT2D eigenvalue weighted by molar-refractivity contribution is 5.85. The normalized spacial score (nSPS) is 21.6. The molecule has 5 rings (SSSR count). The molecular formula is C29H35F2NO3. The molecule has 0 saturated carbocycles. The molecule has 188 valence electrons. The fourth-order valence-corrected chi connectivity index (χ4v) is 5.90. The van der Waals surface area contributed by atoms with E-state index in [-0.39, 0.29) is 18.5 Å². The highest BCUT2D eigenvalue weighted by atomic mass is 19.3. The van der Waals surface area contributed by atoms with Crippen molar-refractivity contribution in [3.63, 3.8) is 0 Å². The van der Waals surface area contributed by atoms with E-state index < -0.39 is 0 Å². The second-order valence-electron chi connectivity index (χ2n) is 9.93. The highest BCUT2D eigenvalue weighted by Gasteiger charge is 2.27. The van der Waals surface area contributed by atoms with Crippen LogP contribution in [0.5, 0.6) is 11.5 Å². The van der Waals surface area contributed by atoms with Crippen LogP contribution in [0.2, 0.25) is 0 Å². The number of benzene rings is 2. The van der Waals surface area contributed by atoms with Crippen molar-refractivity contribution in [2.45, 2.75) is 51.0 Å². The fourth-order valence-electron chi connectivity index (χ4n) is 5.90. The topological polar surface area (TPSA) is 30.9 Å². The number of halogens is 2. The van der Waals surface area contributed by atoms with Crippen LogP contribution >= 0.6 is 0 Å². The second-order valence-corrected chi connectivity index (χ2v) is 9.93. The summed E-state index contributed by atoms with van der Waals surface area (Å²) in [4.78, 5) is 6.32. The first-order valence-corrected chi connectivity index (χ1v) is 13.0. The molecule has 2 aromatic rings. The van der Waals surface area contributed by atoms with Crippen LogP contribution in [0.25, 0.3) is 5.57 Å². The predicted molar refractivity (Wildman–Crippen MR) is 133 cm³/mol. The summed E-state index contributed by atoms with van der Waals surface area (Å²) in [5.74, 6) is 1.64. The third-order valence-corrected chi connectivity index (χ3v) is 7.65. The van der Waals surface area contributed by atoms with Gasteiger partial charge >= 0.3 is 0 Å². The molecule has 0 N–H and O–H groups in total. The Kier molecular flexibility index (Phi) is 7.99. The van der Waals surface area contributed by atoms with Crippen molar-refractivity contribution < 1.29 is 23.3 Å². The summed E-state index contributed by atoms with van der Waals surface area (Å²) in [6.45, 7) is 3.96. The Labute approximate surface area is 206 Å². The first kappa shape index (κ1) is 24.3. The number of hydrogen-bond acceptors (Lipinski definition) is 4. The maximum Gasteiger partial charge on any atom is 0.172 e. The molecule has 4 nitrogen and oxygen atoms in total. The summed E-state index contributed by atoms with van der Waals surface area (Å²) in [6, 6.07) is 14.0. The summed E-state index contributed by atoms with van der Waals surface area (Å²) in [6.07, 6.45) is 6.78. The lowest BCUT2D eigenvalue weighted by Gasteiger charge is -2.27. The molecule has 6 heteroatoms. The molecule has 2 saturated heterocycles.